The summed E-state index contributed by atoms with van der Waals surface area (Å²) in [5, 5.41) is 0. The van der Waals surface area contributed by atoms with Crippen molar-refractivity contribution < 1.29 is 4.79 Å². The molecule has 0 saturated carbocycles. The monoisotopic (exact) mass is 156 g/mol. The molecule has 1 fully saturated rings. The molecular formula is C8H16N2O. The van der Waals surface area contributed by atoms with E-state index in [-0.39, 0.29) is 11.8 Å². The second-order valence-corrected chi connectivity index (χ2v) is 3.48. The highest BCUT2D eigenvalue weighted by molar-refractivity contribution is 5.77. The van der Waals surface area contributed by atoms with Crippen molar-refractivity contribution in [1.29, 1.82) is 0 Å². The number of nitrogens with two attached hydrogens (primary N) is 1. The van der Waals surface area contributed by atoms with Crippen LogP contribution in [0.5, 0.6) is 0 Å². The van der Waals surface area contributed by atoms with Crippen LogP contribution in [0.4, 0.5) is 0 Å². The van der Waals surface area contributed by atoms with Crippen molar-refractivity contribution in [2.24, 2.45) is 11.7 Å². The molecule has 1 saturated heterocycles. The SMILES string of the molecule is CC(C)N1CC[C@H](C(N)=O)C1. The van der Waals surface area contributed by atoms with Gasteiger partial charge in [-0.2, -0.15) is 0 Å². The van der Waals surface area contributed by atoms with Gasteiger partial charge < -0.3 is 10.6 Å². The molecule has 1 atom stereocenters. The summed E-state index contributed by atoms with van der Waals surface area (Å²) in [5.74, 6) is -0.0504. The van der Waals surface area contributed by atoms with E-state index in [1.165, 1.54) is 0 Å². The van der Waals surface area contributed by atoms with Crippen LogP contribution < -0.4 is 5.73 Å². The molecule has 0 radical (unpaired) electrons. The van der Waals surface area contributed by atoms with E-state index in [2.05, 4.69) is 18.7 Å². The van der Waals surface area contributed by atoms with Crippen LogP contribution in [0.15, 0.2) is 0 Å². The maximum Gasteiger partial charge on any atom is 0.221 e. The van der Waals surface area contributed by atoms with Crippen molar-refractivity contribution in [3.63, 3.8) is 0 Å². The van der Waals surface area contributed by atoms with E-state index in [9.17, 15) is 4.79 Å². The van der Waals surface area contributed by atoms with E-state index in [1.54, 1.807) is 0 Å². The molecule has 1 aliphatic rings. The van der Waals surface area contributed by atoms with Gasteiger partial charge in [-0.1, -0.05) is 0 Å². The smallest absolute Gasteiger partial charge is 0.221 e. The Morgan fingerprint density at radius 1 is 1.64 bits per heavy atom. The van der Waals surface area contributed by atoms with Gasteiger partial charge in [0, 0.05) is 12.6 Å². The fraction of sp³-hybridized carbons (Fsp3) is 0.875. The first kappa shape index (κ1) is 8.53. The fourth-order valence-electron chi connectivity index (χ4n) is 1.49. The molecule has 11 heavy (non-hydrogen) atoms. The van der Waals surface area contributed by atoms with Crippen LogP contribution in [-0.2, 0) is 4.79 Å². The van der Waals surface area contributed by atoms with Crippen LogP contribution in [0.25, 0.3) is 0 Å². The summed E-state index contributed by atoms with van der Waals surface area (Å²) in [6.07, 6.45) is 0.938. The molecule has 1 amide bonds. The maximum atomic E-state index is 10.8. The zero-order chi connectivity index (χ0) is 8.43. The first-order valence-electron chi connectivity index (χ1n) is 4.14. The molecule has 0 aromatic rings. The Morgan fingerprint density at radius 3 is 2.55 bits per heavy atom. The topological polar surface area (TPSA) is 46.3 Å². The number of hydrogen-bond acceptors (Lipinski definition) is 2. The maximum absolute atomic E-state index is 10.8. The van der Waals surface area contributed by atoms with E-state index < -0.39 is 0 Å². The third-order valence-electron chi connectivity index (χ3n) is 2.35. The minimum absolute atomic E-state index is 0.0948. The summed E-state index contributed by atoms with van der Waals surface area (Å²) in [7, 11) is 0. The Bertz CT molecular complexity index is 156. The number of primary amides is 1. The van der Waals surface area contributed by atoms with Gasteiger partial charge >= 0.3 is 0 Å². The van der Waals surface area contributed by atoms with Crippen molar-refractivity contribution in [3.05, 3.63) is 0 Å². The Balaban J connectivity index is 2.41. The standard InChI is InChI=1S/C8H16N2O/c1-6(2)10-4-3-7(5-10)8(9)11/h6-7H,3-5H2,1-2H3,(H2,9,11)/t7-/m0/s1. The van der Waals surface area contributed by atoms with Gasteiger partial charge in [0.15, 0.2) is 0 Å². The number of amides is 1. The lowest BCUT2D eigenvalue weighted by Crippen LogP contribution is -2.31. The second kappa shape index (κ2) is 3.22. The molecule has 0 aliphatic carbocycles. The molecule has 0 spiro atoms. The number of rotatable bonds is 2. The predicted molar refractivity (Wildman–Crippen MR) is 44.0 cm³/mol. The van der Waals surface area contributed by atoms with Crippen molar-refractivity contribution in [3.8, 4) is 0 Å². The van der Waals surface area contributed by atoms with E-state index in [1.807, 2.05) is 0 Å². The van der Waals surface area contributed by atoms with E-state index >= 15 is 0 Å². The highest BCUT2D eigenvalue weighted by Crippen LogP contribution is 2.17. The number of nitrogens with zero attached hydrogens (tertiary/aromatic N) is 1. The van der Waals surface area contributed by atoms with Crippen LogP contribution in [0.1, 0.15) is 20.3 Å². The Labute approximate surface area is 67.5 Å². The van der Waals surface area contributed by atoms with E-state index in [0.717, 1.165) is 19.5 Å². The highest BCUT2D eigenvalue weighted by Gasteiger charge is 2.27. The van der Waals surface area contributed by atoms with Gasteiger partial charge in [0.25, 0.3) is 0 Å². The molecular weight excluding hydrogens is 140 g/mol. The Hall–Kier alpha value is -0.570. The molecule has 0 bridgehead atoms. The van der Waals surface area contributed by atoms with Crippen molar-refractivity contribution in [2.45, 2.75) is 26.3 Å². The summed E-state index contributed by atoms with van der Waals surface area (Å²) < 4.78 is 0. The Kier molecular flexibility index (Phi) is 2.49. The van der Waals surface area contributed by atoms with Crippen molar-refractivity contribution in [2.75, 3.05) is 13.1 Å². The third-order valence-corrected chi connectivity index (χ3v) is 2.35. The van der Waals surface area contributed by atoms with Crippen molar-refractivity contribution in [1.82, 2.24) is 4.90 Å². The van der Waals surface area contributed by atoms with Crippen LogP contribution in [0, 0.1) is 5.92 Å². The van der Waals surface area contributed by atoms with Gasteiger partial charge in [-0.15, -0.1) is 0 Å². The number of carbonyl (C=O) groups is 1. The van der Waals surface area contributed by atoms with Crippen LogP contribution in [0.3, 0.4) is 0 Å². The number of carbonyl (C=O) groups excluding carboxylic acids is 1. The normalized spacial score (nSPS) is 26.3. The molecule has 1 heterocycles. The number of hydrogen-bond donors (Lipinski definition) is 1. The Morgan fingerprint density at radius 2 is 2.27 bits per heavy atom. The van der Waals surface area contributed by atoms with Crippen LogP contribution in [0.2, 0.25) is 0 Å². The first-order valence-corrected chi connectivity index (χ1v) is 4.14. The van der Waals surface area contributed by atoms with Crippen LogP contribution >= 0.6 is 0 Å². The largest absolute Gasteiger partial charge is 0.369 e. The summed E-state index contributed by atoms with van der Waals surface area (Å²) >= 11 is 0. The lowest BCUT2D eigenvalue weighted by atomic mass is 10.1. The molecule has 0 aromatic heterocycles. The molecule has 2 N–H and O–H groups in total. The molecule has 3 heteroatoms. The van der Waals surface area contributed by atoms with Crippen LogP contribution in [-0.4, -0.2) is 29.9 Å². The average molecular weight is 156 g/mol. The van der Waals surface area contributed by atoms with Gasteiger partial charge in [-0.3, -0.25) is 4.79 Å². The zero-order valence-electron chi connectivity index (χ0n) is 7.21. The van der Waals surface area contributed by atoms with E-state index in [0.29, 0.717) is 6.04 Å². The first-order chi connectivity index (χ1) is 5.11. The third kappa shape index (κ3) is 1.93. The van der Waals surface area contributed by atoms with Gasteiger partial charge in [0.2, 0.25) is 5.91 Å². The molecule has 1 aliphatic heterocycles. The highest BCUT2D eigenvalue weighted by atomic mass is 16.1. The van der Waals surface area contributed by atoms with Gasteiger partial charge in [0.05, 0.1) is 5.92 Å². The second-order valence-electron chi connectivity index (χ2n) is 3.48. The molecule has 0 aromatic carbocycles. The summed E-state index contributed by atoms with van der Waals surface area (Å²) in [4.78, 5) is 13.1. The predicted octanol–water partition coefficient (Wildman–Crippen LogP) is 0.202. The van der Waals surface area contributed by atoms with Gasteiger partial charge in [-0.25, -0.2) is 0 Å². The molecule has 1 rings (SSSR count). The molecule has 3 nitrogen and oxygen atoms in total. The molecule has 64 valence electrons. The molecule has 0 unspecified atom stereocenters. The number of likely N-dealkylation sites (tertiary alicyclic amines) is 1. The quantitative estimate of drug-likeness (QED) is 0.621. The lowest BCUT2D eigenvalue weighted by Gasteiger charge is -2.19. The van der Waals surface area contributed by atoms with Gasteiger partial charge in [0.1, 0.15) is 0 Å². The zero-order valence-corrected chi connectivity index (χ0v) is 7.21. The summed E-state index contributed by atoms with van der Waals surface area (Å²) in [6, 6.07) is 0.541. The van der Waals surface area contributed by atoms with Crippen molar-refractivity contribution >= 4 is 5.91 Å². The van der Waals surface area contributed by atoms with E-state index in [4.69, 9.17) is 5.73 Å². The summed E-state index contributed by atoms with van der Waals surface area (Å²) in [6.45, 7) is 6.16. The fourth-order valence-corrected chi connectivity index (χ4v) is 1.49. The average Bonchev–Trinajstić information content (AvgIpc) is 2.33. The lowest BCUT2D eigenvalue weighted by molar-refractivity contribution is -0.121. The summed E-state index contributed by atoms with van der Waals surface area (Å²) in [5.41, 5.74) is 5.19. The minimum atomic E-state index is -0.145. The minimum Gasteiger partial charge on any atom is -0.369 e. The van der Waals surface area contributed by atoms with Gasteiger partial charge in [-0.05, 0) is 26.8 Å².